The monoisotopic (exact) mass is 354 g/mol. The average molecular weight is 354 g/mol. The number of hydrogen-bond donors (Lipinski definition) is 2. The lowest BCUT2D eigenvalue weighted by atomic mass is 10.1. The summed E-state index contributed by atoms with van der Waals surface area (Å²) in [5.74, 6) is -0.437. The summed E-state index contributed by atoms with van der Waals surface area (Å²) in [6, 6.07) is 12.9. The molecule has 124 valence electrons. The molecule has 8 heteroatoms. The predicted molar refractivity (Wildman–Crippen MR) is 92.7 cm³/mol. The third kappa shape index (κ3) is 2.48. The Morgan fingerprint density at radius 3 is 2.36 bits per heavy atom. The van der Waals surface area contributed by atoms with Crippen LogP contribution in [0.1, 0.15) is 0 Å². The summed E-state index contributed by atoms with van der Waals surface area (Å²) < 4.78 is 5.63. The number of oxazole rings is 1. The summed E-state index contributed by atoms with van der Waals surface area (Å²) in [4.78, 5) is 15.2. The van der Waals surface area contributed by atoms with Gasteiger partial charge in [-0.15, -0.1) is 11.3 Å². The highest BCUT2D eigenvalue weighted by atomic mass is 32.1. The number of aromatic hydroxyl groups is 2. The number of rotatable bonds is 3. The van der Waals surface area contributed by atoms with Crippen molar-refractivity contribution in [2.24, 2.45) is 0 Å². The van der Waals surface area contributed by atoms with Crippen molar-refractivity contribution in [2.45, 2.75) is 0 Å². The van der Waals surface area contributed by atoms with E-state index in [1.807, 2.05) is 12.1 Å². The van der Waals surface area contributed by atoms with E-state index >= 15 is 0 Å². The van der Waals surface area contributed by atoms with E-state index in [1.54, 1.807) is 12.1 Å². The van der Waals surface area contributed by atoms with Crippen LogP contribution in [-0.4, -0.2) is 20.1 Å². The Balaban J connectivity index is 1.81. The first kappa shape index (κ1) is 15.2. The number of hydrogen-bond acceptors (Lipinski definition) is 7. The first-order chi connectivity index (χ1) is 12.0. The van der Waals surface area contributed by atoms with Gasteiger partial charge in [0.05, 0.1) is 9.80 Å². The van der Waals surface area contributed by atoms with E-state index in [4.69, 9.17) is 4.42 Å². The molecule has 0 radical (unpaired) electrons. The van der Waals surface area contributed by atoms with E-state index in [9.17, 15) is 20.3 Å². The topological polar surface area (TPSA) is 110 Å². The van der Waals surface area contributed by atoms with Crippen molar-refractivity contribution in [3.63, 3.8) is 0 Å². The van der Waals surface area contributed by atoms with Crippen molar-refractivity contribution in [2.75, 3.05) is 0 Å². The summed E-state index contributed by atoms with van der Waals surface area (Å²) >= 11 is 1.10. The molecule has 0 aliphatic rings. The van der Waals surface area contributed by atoms with Crippen molar-refractivity contribution in [1.82, 2.24) is 4.98 Å². The van der Waals surface area contributed by atoms with Crippen LogP contribution in [0, 0.1) is 10.1 Å². The molecule has 25 heavy (non-hydrogen) atoms. The second kappa shape index (κ2) is 5.60. The zero-order valence-corrected chi connectivity index (χ0v) is 13.4. The van der Waals surface area contributed by atoms with E-state index in [2.05, 4.69) is 4.98 Å². The van der Waals surface area contributed by atoms with E-state index in [-0.39, 0.29) is 23.1 Å². The van der Waals surface area contributed by atoms with Gasteiger partial charge in [-0.1, -0.05) is 12.1 Å². The molecule has 0 unspecified atom stereocenters. The molecule has 7 nitrogen and oxygen atoms in total. The minimum atomic E-state index is -0.501. The number of nitro groups is 1. The molecule has 2 aromatic heterocycles. The molecule has 2 heterocycles. The number of nitrogens with zero attached hydrogens (tertiary/aromatic N) is 2. The molecule has 0 saturated carbocycles. The maximum absolute atomic E-state index is 10.7. The number of para-hydroxylation sites is 2. The molecule has 2 N–H and O–H groups in total. The molecule has 0 aliphatic carbocycles. The Labute approximate surface area is 144 Å². The first-order valence-electron chi connectivity index (χ1n) is 7.20. The number of non-ortho nitro benzene ring substituents is 1. The third-order valence-electron chi connectivity index (χ3n) is 3.69. The van der Waals surface area contributed by atoms with Crippen LogP contribution in [0.4, 0.5) is 5.69 Å². The molecule has 4 aromatic rings. The van der Waals surface area contributed by atoms with Crippen molar-refractivity contribution in [1.29, 1.82) is 0 Å². The predicted octanol–water partition coefficient (Wildman–Crippen LogP) is 4.54. The van der Waals surface area contributed by atoms with Gasteiger partial charge >= 0.3 is 0 Å². The fraction of sp³-hybridized carbons (Fsp3) is 0. The van der Waals surface area contributed by atoms with Gasteiger partial charge in [-0.25, -0.2) is 4.98 Å². The van der Waals surface area contributed by atoms with Gasteiger partial charge in [0.15, 0.2) is 17.1 Å². The summed E-state index contributed by atoms with van der Waals surface area (Å²) in [6.07, 6.45) is 0. The zero-order valence-electron chi connectivity index (χ0n) is 12.5. The van der Waals surface area contributed by atoms with Crippen molar-refractivity contribution in [3.05, 3.63) is 58.6 Å². The fourth-order valence-corrected chi connectivity index (χ4v) is 3.48. The summed E-state index contributed by atoms with van der Waals surface area (Å²) in [5.41, 5.74) is 1.71. The standard InChI is InChI=1S/C17H10N2O5S/c20-13-14(21)16(17-18-11-3-1-2-4-12(11)24-17)25-15(13)9-5-7-10(8-6-9)19(22)23/h1-8,20-21H. The number of aromatic nitrogens is 1. The molecule has 0 bridgehead atoms. The maximum atomic E-state index is 10.7. The third-order valence-corrected chi connectivity index (χ3v) is 4.89. The highest BCUT2D eigenvalue weighted by Crippen LogP contribution is 2.51. The van der Waals surface area contributed by atoms with E-state index < -0.39 is 4.92 Å². The molecule has 0 saturated heterocycles. The number of nitro benzene ring substituents is 1. The van der Waals surface area contributed by atoms with E-state index in [0.717, 1.165) is 11.3 Å². The van der Waals surface area contributed by atoms with Gasteiger partial charge < -0.3 is 14.6 Å². The van der Waals surface area contributed by atoms with Gasteiger partial charge in [-0.2, -0.15) is 0 Å². The zero-order chi connectivity index (χ0) is 17.6. The van der Waals surface area contributed by atoms with Crippen LogP contribution in [0.25, 0.3) is 32.3 Å². The molecular weight excluding hydrogens is 344 g/mol. The summed E-state index contributed by atoms with van der Waals surface area (Å²) in [7, 11) is 0. The van der Waals surface area contributed by atoms with Crippen LogP contribution in [0.5, 0.6) is 11.5 Å². The molecular formula is C17H10N2O5S. The van der Waals surface area contributed by atoms with Crippen LogP contribution in [-0.2, 0) is 0 Å². The lowest BCUT2D eigenvalue weighted by molar-refractivity contribution is -0.384. The minimum absolute atomic E-state index is 0.0526. The van der Waals surface area contributed by atoms with Crippen molar-refractivity contribution >= 4 is 28.1 Å². The normalized spacial score (nSPS) is 11.0. The van der Waals surface area contributed by atoms with Gasteiger partial charge in [0.25, 0.3) is 5.69 Å². The second-order valence-electron chi connectivity index (χ2n) is 5.25. The molecule has 0 aliphatic heterocycles. The van der Waals surface area contributed by atoms with E-state index in [0.29, 0.717) is 26.4 Å². The largest absolute Gasteiger partial charge is 0.503 e. The molecule has 0 spiro atoms. The SMILES string of the molecule is O=[N+]([O-])c1ccc(-c2sc(-c3nc4ccccc4o3)c(O)c2O)cc1. The molecule has 0 amide bonds. The molecule has 4 rings (SSSR count). The van der Waals surface area contributed by atoms with Crippen LogP contribution < -0.4 is 0 Å². The lowest BCUT2D eigenvalue weighted by Gasteiger charge is -1.98. The van der Waals surface area contributed by atoms with Gasteiger partial charge in [-0.3, -0.25) is 10.1 Å². The average Bonchev–Trinajstić information content (AvgIpc) is 3.17. The van der Waals surface area contributed by atoms with E-state index in [1.165, 1.54) is 24.3 Å². The van der Waals surface area contributed by atoms with Crippen LogP contribution >= 0.6 is 11.3 Å². The Morgan fingerprint density at radius 1 is 1.00 bits per heavy atom. The fourth-order valence-electron chi connectivity index (χ4n) is 2.46. The van der Waals surface area contributed by atoms with Gasteiger partial charge in [-0.05, 0) is 29.8 Å². The number of benzene rings is 2. The Bertz CT molecular complexity index is 1070. The summed E-state index contributed by atoms with van der Waals surface area (Å²) in [5, 5.41) is 31.2. The van der Waals surface area contributed by atoms with Crippen molar-refractivity contribution < 1.29 is 19.6 Å². The van der Waals surface area contributed by atoms with Crippen LogP contribution in [0.15, 0.2) is 52.9 Å². The summed E-state index contributed by atoms with van der Waals surface area (Å²) in [6.45, 7) is 0. The quantitative estimate of drug-likeness (QED) is 0.413. The highest BCUT2D eigenvalue weighted by Gasteiger charge is 2.23. The Morgan fingerprint density at radius 2 is 1.68 bits per heavy atom. The second-order valence-corrected chi connectivity index (χ2v) is 6.27. The Hall–Kier alpha value is -3.39. The lowest BCUT2D eigenvalue weighted by Crippen LogP contribution is -1.86. The van der Waals surface area contributed by atoms with Crippen LogP contribution in [0.2, 0.25) is 0 Å². The number of thiophene rings is 1. The molecule has 0 fully saturated rings. The first-order valence-corrected chi connectivity index (χ1v) is 8.01. The number of fused-ring (bicyclic) bond motifs is 1. The highest BCUT2D eigenvalue weighted by molar-refractivity contribution is 7.19. The van der Waals surface area contributed by atoms with Gasteiger partial charge in [0.1, 0.15) is 10.4 Å². The Kier molecular flexibility index (Phi) is 3.40. The van der Waals surface area contributed by atoms with Gasteiger partial charge in [0, 0.05) is 12.1 Å². The molecule has 0 atom stereocenters. The maximum Gasteiger partial charge on any atom is 0.269 e. The smallest absolute Gasteiger partial charge is 0.269 e. The van der Waals surface area contributed by atoms with Crippen molar-refractivity contribution in [3.8, 4) is 32.7 Å². The van der Waals surface area contributed by atoms with Crippen LogP contribution in [0.3, 0.4) is 0 Å². The van der Waals surface area contributed by atoms with Gasteiger partial charge in [0.2, 0.25) is 5.89 Å². The minimum Gasteiger partial charge on any atom is -0.503 e. The molecule has 2 aromatic carbocycles.